The molecule has 0 aromatic heterocycles. The molecule has 1 atom stereocenters. The van der Waals surface area contributed by atoms with E-state index in [-0.39, 0.29) is 6.04 Å². The Bertz CT molecular complexity index is 654. The third kappa shape index (κ3) is 4.56. The molecule has 0 saturated heterocycles. The smallest absolute Gasteiger partial charge is 0.329 e. The van der Waals surface area contributed by atoms with Crippen LogP contribution < -0.4 is 10.7 Å². The monoisotopic (exact) mass is 295 g/mol. The van der Waals surface area contributed by atoms with Crippen molar-refractivity contribution in [2.45, 2.75) is 13.0 Å². The summed E-state index contributed by atoms with van der Waals surface area (Å²) in [5, 5.41) is 6.38. The lowest BCUT2D eigenvalue weighted by Crippen LogP contribution is -2.39. The molecule has 0 aliphatic rings. The number of nitrogens with zero attached hydrogens (tertiary/aromatic N) is 1. The van der Waals surface area contributed by atoms with Gasteiger partial charge in [0.2, 0.25) is 0 Å². The Kier molecular flexibility index (Phi) is 5.43. The summed E-state index contributed by atoms with van der Waals surface area (Å²) in [6.07, 6.45) is 1.48. The summed E-state index contributed by atoms with van der Waals surface area (Å²) in [7, 11) is 0. The predicted molar refractivity (Wildman–Crippen MR) is 85.2 cm³/mol. The summed E-state index contributed by atoms with van der Waals surface area (Å²) in [6.45, 7) is 1.81. The number of amides is 2. The highest BCUT2D eigenvalue weighted by atomic mass is 16.2. The summed E-state index contributed by atoms with van der Waals surface area (Å²) in [5.41, 5.74) is 3.97. The van der Waals surface area contributed by atoms with E-state index in [9.17, 15) is 9.59 Å². The highest BCUT2D eigenvalue weighted by molar-refractivity contribution is 6.35. The van der Waals surface area contributed by atoms with Crippen LogP contribution in [0.5, 0.6) is 0 Å². The molecule has 5 nitrogen and oxygen atoms in total. The van der Waals surface area contributed by atoms with Gasteiger partial charge in [0.25, 0.3) is 0 Å². The zero-order valence-electron chi connectivity index (χ0n) is 12.2. The first-order chi connectivity index (χ1) is 10.7. The standard InChI is InChI=1S/C17H17N3O2/c1-13(15-10-6-3-7-11-15)19-16(21)17(22)20-18-12-14-8-4-2-5-9-14/h2-13H,1H3,(H,19,21)(H,20,22)/b18-12+. The average molecular weight is 295 g/mol. The van der Waals surface area contributed by atoms with E-state index in [0.717, 1.165) is 11.1 Å². The van der Waals surface area contributed by atoms with Gasteiger partial charge in [0.1, 0.15) is 0 Å². The van der Waals surface area contributed by atoms with Crippen LogP contribution in [-0.4, -0.2) is 18.0 Å². The Labute approximate surface area is 129 Å². The Morgan fingerprint density at radius 3 is 2.18 bits per heavy atom. The molecule has 1 unspecified atom stereocenters. The fourth-order valence-corrected chi connectivity index (χ4v) is 1.84. The van der Waals surface area contributed by atoms with E-state index >= 15 is 0 Å². The molecule has 2 rings (SSSR count). The van der Waals surface area contributed by atoms with Gasteiger partial charge in [0.15, 0.2) is 0 Å². The summed E-state index contributed by atoms with van der Waals surface area (Å²) in [6, 6.07) is 18.4. The molecule has 0 saturated carbocycles. The number of hydrogen-bond donors (Lipinski definition) is 2. The molecule has 2 amide bonds. The van der Waals surface area contributed by atoms with Crippen molar-refractivity contribution in [1.82, 2.24) is 10.7 Å². The van der Waals surface area contributed by atoms with E-state index in [1.54, 1.807) is 0 Å². The van der Waals surface area contributed by atoms with Crippen LogP contribution in [0, 0.1) is 0 Å². The van der Waals surface area contributed by atoms with E-state index < -0.39 is 11.8 Å². The predicted octanol–water partition coefficient (Wildman–Crippen LogP) is 2.01. The molecule has 2 aromatic rings. The highest BCUT2D eigenvalue weighted by Crippen LogP contribution is 2.10. The molecular formula is C17H17N3O2. The molecule has 5 heteroatoms. The van der Waals surface area contributed by atoms with Gasteiger partial charge < -0.3 is 5.32 Å². The Hall–Kier alpha value is -2.95. The van der Waals surface area contributed by atoms with Gasteiger partial charge >= 0.3 is 11.8 Å². The molecule has 0 spiro atoms. The molecule has 0 heterocycles. The maximum absolute atomic E-state index is 11.8. The van der Waals surface area contributed by atoms with E-state index in [4.69, 9.17) is 0 Å². The lowest BCUT2D eigenvalue weighted by molar-refractivity contribution is -0.139. The van der Waals surface area contributed by atoms with Crippen LogP contribution in [0.1, 0.15) is 24.1 Å². The van der Waals surface area contributed by atoms with Gasteiger partial charge in [-0.1, -0.05) is 60.7 Å². The Morgan fingerprint density at radius 2 is 1.55 bits per heavy atom. The number of nitrogens with one attached hydrogen (secondary N) is 2. The molecule has 2 aromatic carbocycles. The fraction of sp³-hybridized carbons (Fsp3) is 0.118. The third-order valence-corrected chi connectivity index (χ3v) is 3.03. The van der Waals surface area contributed by atoms with Gasteiger partial charge in [0, 0.05) is 0 Å². The van der Waals surface area contributed by atoms with Crippen molar-refractivity contribution in [3.63, 3.8) is 0 Å². The number of benzene rings is 2. The molecule has 112 valence electrons. The Balaban J connectivity index is 1.85. The van der Waals surface area contributed by atoms with E-state index in [0.29, 0.717) is 0 Å². The van der Waals surface area contributed by atoms with Gasteiger partial charge in [-0.25, -0.2) is 5.43 Å². The van der Waals surface area contributed by atoms with Crippen molar-refractivity contribution in [1.29, 1.82) is 0 Å². The summed E-state index contributed by atoms with van der Waals surface area (Å²) < 4.78 is 0. The minimum Gasteiger partial charge on any atom is -0.341 e. The van der Waals surface area contributed by atoms with Crippen LogP contribution in [0.2, 0.25) is 0 Å². The summed E-state index contributed by atoms with van der Waals surface area (Å²) in [4.78, 5) is 23.4. The van der Waals surface area contributed by atoms with Crippen LogP contribution in [-0.2, 0) is 9.59 Å². The highest BCUT2D eigenvalue weighted by Gasteiger charge is 2.16. The number of rotatable bonds is 4. The molecule has 2 N–H and O–H groups in total. The van der Waals surface area contributed by atoms with Crippen molar-refractivity contribution < 1.29 is 9.59 Å². The second-order valence-corrected chi connectivity index (χ2v) is 4.72. The summed E-state index contributed by atoms with van der Waals surface area (Å²) in [5.74, 6) is -1.52. The SMILES string of the molecule is CC(NC(=O)C(=O)N/N=C/c1ccccc1)c1ccccc1. The zero-order valence-corrected chi connectivity index (χ0v) is 12.2. The van der Waals surface area contributed by atoms with E-state index in [1.807, 2.05) is 67.6 Å². The van der Waals surface area contributed by atoms with Gasteiger partial charge in [-0.2, -0.15) is 5.10 Å². The fourth-order valence-electron chi connectivity index (χ4n) is 1.84. The number of carbonyl (C=O) groups excluding carboxylic acids is 2. The van der Waals surface area contributed by atoms with Crippen LogP contribution in [0.15, 0.2) is 65.8 Å². The molecule has 0 aliphatic carbocycles. The van der Waals surface area contributed by atoms with Gasteiger partial charge in [-0.15, -0.1) is 0 Å². The minimum atomic E-state index is -0.796. The van der Waals surface area contributed by atoms with Crippen LogP contribution >= 0.6 is 0 Å². The maximum atomic E-state index is 11.8. The van der Waals surface area contributed by atoms with E-state index in [2.05, 4.69) is 15.8 Å². The zero-order chi connectivity index (χ0) is 15.8. The van der Waals surface area contributed by atoms with Crippen molar-refractivity contribution >= 4 is 18.0 Å². The van der Waals surface area contributed by atoms with Gasteiger partial charge in [0.05, 0.1) is 12.3 Å². The molecular weight excluding hydrogens is 278 g/mol. The topological polar surface area (TPSA) is 70.6 Å². The van der Waals surface area contributed by atoms with E-state index in [1.165, 1.54) is 6.21 Å². The second-order valence-electron chi connectivity index (χ2n) is 4.72. The van der Waals surface area contributed by atoms with Crippen molar-refractivity contribution in [3.05, 3.63) is 71.8 Å². The first kappa shape index (κ1) is 15.4. The molecule has 0 bridgehead atoms. The quantitative estimate of drug-likeness (QED) is 0.514. The number of hydrazone groups is 1. The van der Waals surface area contributed by atoms with Gasteiger partial charge in [-0.05, 0) is 18.1 Å². The lowest BCUT2D eigenvalue weighted by Gasteiger charge is -2.13. The van der Waals surface area contributed by atoms with Crippen molar-refractivity contribution in [2.75, 3.05) is 0 Å². The number of carbonyl (C=O) groups is 2. The Morgan fingerprint density at radius 1 is 0.955 bits per heavy atom. The lowest BCUT2D eigenvalue weighted by atomic mass is 10.1. The average Bonchev–Trinajstić information content (AvgIpc) is 2.56. The first-order valence-corrected chi connectivity index (χ1v) is 6.90. The number of hydrogen-bond acceptors (Lipinski definition) is 3. The van der Waals surface area contributed by atoms with Crippen LogP contribution in [0.4, 0.5) is 0 Å². The maximum Gasteiger partial charge on any atom is 0.329 e. The third-order valence-electron chi connectivity index (χ3n) is 3.03. The normalized spacial score (nSPS) is 11.9. The van der Waals surface area contributed by atoms with Gasteiger partial charge in [-0.3, -0.25) is 9.59 Å². The minimum absolute atomic E-state index is 0.252. The van der Waals surface area contributed by atoms with Crippen LogP contribution in [0.25, 0.3) is 0 Å². The van der Waals surface area contributed by atoms with Crippen LogP contribution in [0.3, 0.4) is 0 Å². The van der Waals surface area contributed by atoms with Crippen molar-refractivity contribution in [2.24, 2.45) is 5.10 Å². The molecule has 0 radical (unpaired) electrons. The largest absolute Gasteiger partial charge is 0.341 e. The van der Waals surface area contributed by atoms with Crippen molar-refractivity contribution in [3.8, 4) is 0 Å². The first-order valence-electron chi connectivity index (χ1n) is 6.90. The molecule has 0 fully saturated rings. The molecule has 0 aliphatic heterocycles. The second kappa shape index (κ2) is 7.73. The summed E-state index contributed by atoms with van der Waals surface area (Å²) >= 11 is 0. The molecule has 22 heavy (non-hydrogen) atoms.